The molecule has 0 unspecified atom stereocenters. The van der Waals surface area contributed by atoms with Gasteiger partial charge in [-0.3, -0.25) is 4.99 Å². The van der Waals surface area contributed by atoms with Crippen molar-refractivity contribution in [1.29, 1.82) is 0 Å². The summed E-state index contributed by atoms with van der Waals surface area (Å²) in [6, 6.07) is 5.77. The molecule has 2 aliphatic rings. The van der Waals surface area contributed by atoms with Crippen molar-refractivity contribution >= 4 is 50.1 Å². The molecular formula is C15H18BrClN2S. The van der Waals surface area contributed by atoms with E-state index < -0.39 is 0 Å². The molecule has 108 valence electrons. The number of nitrogens with zero attached hydrogens (tertiary/aromatic N) is 1. The maximum atomic E-state index is 6.04. The summed E-state index contributed by atoms with van der Waals surface area (Å²) in [7, 11) is 0. The SMILES string of the molecule is Clc1ccc(Br)c(NC2=NCC3(CCCCC3)CS2)c1. The molecule has 3 rings (SSSR count). The van der Waals surface area contributed by atoms with Gasteiger partial charge in [0.05, 0.1) is 5.69 Å². The zero-order chi connectivity index (χ0) is 14.0. The van der Waals surface area contributed by atoms with E-state index in [-0.39, 0.29) is 0 Å². The molecule has 1 aromatic rings. The summed E-state index contributed by atoms with van der Waals surface area (Å²) >= 11 is 11.4. The van der Waals surface area contributed by atoms with Gasteiger partial charge in [-0.25, -0.2) is 0 Å². The first-order valence-corrected chi connectivity index (χ1v) is 9.22. The van der Waals surface area contributed by atoms with Crippen LogP contribution < -0.4 is 5.32 Å². The van der Waals surface area contributed by atoms with Crippen molar-refractivity contribution in [3.8, 4) is 0 Å². The molecule has 0 radical (unpaired) electrons. The predicted molar refractivity (Wildman–Crippen MR) is 93.1 cm³/mol. The zero-order valence-electron chi connectivity index (χ0n) is 11.3. The van der Waals surface area contributed by atoms with Gasteiger partial charge in [-0.1, -0.05) is 42.6 Å². The molecule has 20 heavy (non-hydrogen) atoms. The normalized spacial score (nSPS) is 21.6. The van der Waals surface area contributed by atoms with Gasteiger partial charge in [0.2, 0.25) is 0 Å². The van der Waals surface area contributed by atoms with E-state index in [1.165, 1.54) is 37.9 Å². The minimum absolute atomic E-state index is 0.472. The van der Waals surface area contributed by atoms with Crippen LogP contribution in [0.4, 0.5) is 5.69 Å². The number of amidine groups is 1. The molecule has 0 saturated heterocycles. The molecule has 1 aromatic carbocycles. The third-order valence-corrected chi connectivity index (χ3v) is 6.35. The maximum Gasteiger partial charge on any atom is 0.161 e. The van der Waals surface area contributed by atoms with E-state index in [1.54, 1.807) is 0 Å². The second-order valence-electron chi connectivity index (χ2n) is 5.72. The van der Waals surface area contributed by atoms with Gasteiger partial charge in [0.1, 0.15) is 0 Å². The van der Waals surface area contributed by atoms with Crippen LogP contribution in [0, 0.1) is 5.41 Å². The van der Waals surface area contributed by atoms with Gasteiger partial charge in [0, 0.05) is 21.8 Å². The van der Waals surface area contributed by atoms with Crippen molar-refractivity contribution in [1.82, 2.24) is 0 Å². The topological polar surface area (TPSA) is 24.4 Å². The van der Waals surface area contributed by atoms with Gasteiger partial charge in [-0.05, 0) is 52.4 Å². The number of hydrogen-bond donors (Lipinski definition) is 1. The number of nitrogens with one attached hydrogen (secondary N) is 1. The molecule has 0 atom stereocenters. The Morgan fingerprint density at radius 1 is 1.25 bits per heavy atom. The van der Waals surface area contributed by atoms with Crippen molar-refractivity contribution in [2.45, 2.75) is 32.1 Å². The van der Waals surface area contributed by atoms with Gasteiger partial charge in [-0.15, -0.1) is 0 Å². The zero-order valence-corrected chi connectivity index (χ0v) is 14.5. The average Bonchev–Trinajstić information content (AvgIpc) is 2.47. The quantitative estimate of drug-likeness (QED) is 0.696. The van der Waals surface area contributed by atoms with E-state index in [4.69, 9.17) is 16.6 Å². The second-order valence-corrected chi connectivity index (χ2v) is 7.97. The predicted octanol–water partition coefficient (Wildman–Crippen LogP) is 5.57. The first-order valence-electron chi connectivity index (χ1n) is 7.06. The van der Waals surface area contributed by atoms with Crippen LogP contribution in [0.5, 0.6) is 0 Å². The highest BCUT2D eigenvalue weighted by Crippen LogP contribution is 2.42. The summed E-state index contributed by atoms with van der Waals surface area (Å²) in [5.41, 5.74) is 1.46. The lowest BCUT2D eigenvalue weighted by atomic mass is 9.75. The summed E-state index contributed by atoms with van der Waals surface area (Å²) in [6.45, 7) is 0.973. The smallest absolute Gasteiger partial charge is 0.161 e. The fourth-order valence-corrected chi connectivity index (χ4v) is 4.62. The van der Waals surface area contributed by atoms with Gasteiger partial charge in [0.25, 0.3) is 0 Å². The highest BCUT2D eigenvalue weighted by Gasteiger charge is 2.34. The van der Waals surface area contributed by atoms with Crippen molar-refractivity contribution in [2.24, 2.45) is 10.4 Å². The fraction of sp³-hybridized carbons (Fsp3) is 0.533. The molecule has 1 spiro atoms. The van der Waals surface area contributed by atoms with Crippen LogP contribution in [0.3, 0.4) is 0 Å². The molecule has 1 aliphatic carbocycles. The average molecular weight is 374 g/mol. The van der Waals surface area contributed by atoms with Crippen LogP contribution in [0.15, 0.2) is 27.7 Å². The first-order chi connectivity index (χ1) is 9.67. The fourth-order valence-electron chi connectivity index (χ4n) is 2.94. The van der Waals surface area contributed by atoms with E-state index in [0.717, 1.165) is 26.9 Å². The molecule has 0 bridgehead atoms. The number of anilines is 1. The minimum atomic E-state index is 0.472. The van der Waals surface area contributed by atoms with Crippen molar-refractivity contribution in [3.05, 3.63) is 27.7 Å². The molecule has 0 aromatic heterocycles. The first kappa shape index (κ1) is 14.7. The molecule has 2 nitrogen and oxygen atoms in total. The Hall–Kier alpha value is -0.190. The van der Waals surface area contributed by atoms with Crippen LogP contribution in [0.25, 0.3) is 0 Å². The Morgan fingerprint density at radius 3 is 2.75 bits per heavy atom. The van der Waals surface area contributed by atoms with Crippen LogP contribution in [-0.2, 0) is 0 Å². The number of thioether (sulfide) groups is 1. The summed E-state index contributed by atoms with van der Waals surface area (Å²) in [5.74, 6) is 1.19. The van der Waals surface area contributed by atoms with Crippen molar-refractivity contribution in [3.63, 3.8) is 0 Å². The Labute approximate surface area is 137 Å². The van der Waals surface area contributed by atoms with Crippen molar-refractivity contribution < 1.29 is 0 Å². The van der Waals surface area contributed by atoms with Gasteiger partial charge in [0.15, 0.2) is 5.17 Å². The Kier molecular flexibility index (Phi) is 4.63. The van der Waals surface area contributed by atoms with Crippen LogP contribution in [0.1, 0.15) is 32.1 Å². The summed E-state index contributed by atoms with van der Waals surface area (Å²) < 4.78 is 1.02. The molecule has 0 amide bonds. The van der Waals surface area contributed by atoms with Gasteiger partial charge >= 0.3 is 0 Å². The molecule has 5 heteroatoms. The van der Waals surface area contributed by atoms with E-state index in [1.807, 2.05) is 30.0 Å². The standard InChI is InChI=1S/C15H18BrClN2S/c16-12-5-4-11(17)8-13(12)19-14-18-9-15(10-20-14)6-2-1-3-7-15/h4-5,8H,1-3,6-7,9-10H2,(H,18,19). The van der Waals surface area contributed by atoms with Gasteiger partial charge in [-0.2, -0.15) is 0 Å². The molecule has 1 fully saturated rings. The number of benzene rings is 1. The van der Waals surface area contributed by atoms with E-state index >= 15 is 0 Å². The monoisotopic (exact) mass is 372 g/mol. The lowest BCUT2D eigenvalue weighted by molar-refractivity contribution is 0.232. The molecular weight excluding hydrogens is 356 g/mol. The number of rotatable bonds is 1. The molecule has 1 heterocycles. The third kappa shape index (κ3) is 3.34. The highest BCUT2D eigenvalue weighted by molar-refractivity contribution is 9.10. The molecule has 1 saturated carbocycles. The van der Waals surface area contributed by atoms with Crippen LogP contribution in [-0.4, -0.2) is 17.5 Å². The van der Waals surface area contributed by atoms with E-state index in [9.17, 15) is 0 Å². The summed E-state index contributed by atoms with van der Waals surface area (Å²) in [5, 5.41) is 5.15. The molecule has 1 N–H and O–H groups in total. The van der Waals surface area contributed by atoms with Crippen LogP contribution in [0.2, 0.25) is 5.02 Å². The Bertz CT molecular complexity index is 527. The largest absolute Gasteiger partial charge is 0.334 e. The van der Waals surface area contributed by atoms with Crippen molar-refractivity contribution in [2.75, 3.05) is 17.6 Å². The summed E-state index contributed by atoms with van der Waals surface area (Å²) in [4.78, 5) is 4.78. The highest BCUT2D eigenvalue weighted by atomic mass is 79.9. The number of aliphatic imine (C=N–C) groups is 1. The Balaban J connectivity index is 1.69. The van der Waals surface area contributed by atoms with E-state index in [0.29, 0.717) is 5.41 Å². The second kappa shape index (κ2) is 6.29. The Morgan fingerprint density at radius 2 is 2.05 bits per heavy atom. The maximum absolute atomic E-state index is 6.04. The number of hydrogen-bond acceptors (Lipinski definition) is 3. The summed E-state index contributed by atoms with van der Waals surface area (Å²) in [6.07, 6.45) is 6.84. The molecule has 1 aliphatic heterocycles. The lowest BCUT2D eigenvalue weighted by Crippen LogP contribution is -2.35. The number of halogens is 2. The van der Waals surface area contributed by atoms with Gasteiger partial charge < -0.3 is 5.32 Å². The lowest BCUT2D eigenvalue weighted by Gasteiger charge is -2.38. The van der Waals surface area contributed by atoms with E-state index in [2.05, 4.69) is 21.2 Å². The minimum Gasteiger partial charge on any atom is -0.334 e. The third-order valence-electron chi connectivity index (χ3n) is 4.16. The van der Waals surface area contributed by atoms with Crippen LogP contribution >= 0.6 is 39.3 Å².